The number of hydrogen-bond acceptors (Lipinski definition) is 2. The molecule has 0 fully saturated rings. The molecule has 0 aliphatic heterocycles. The molecule has 0 amide bonds. The van der Waals surface area contributed by atoms with Crippen molar-refractivity contribution < 1.29 is 4.74 Å². The molecule has 0 spiro atoms. The number of nitriles is 1. The second-order valence-electron chi connectivity index (χ2n) is 3.83. The lowest BCUT2D eigenvalue weighted by Crippen LogP contribution is -1.98. The van der Waals surface area contributed by atoms with E-state index in [-0.39, 0.29) is 5.92 Å². The third kappa shape index (κ3) is 2.49. The maximum absolute atomic E-state index is 9.28. The highest BCUT2D eigenvalue weighted by Crippen LogP contribution is 2.31. The Kier molecular flexibility index (Phi) is 3.91. The van der Waals surface area contributed by atoms with E-state index in [2.05, 4.69) is 11.1 Å². The van der Waals surface area contributed by atoms with E-state index >= 15 is 0 Å². The molecule has 0 saturated heterocycles. The largest absolute Gasteiger partial charge is 0.492 e. The highest BCUT2D eigenvalue weighted by atomic mass is 35.5. The molecule has 1 heterocycles. The summed E-state index contributed by atoms with van der Waals surface area (Å²) >= 11 is 6.13. The molecule has 0 bridgehead atoms. The Labute approximate surface area is 111 Å². The lowest BCUT2D eigenvalue weighted by Gasteiger charge is -2.11. The molecule has 3 nitrogen and oxygen atoms in total. The van der Waals surface area contributed by atoms with Gasteiger partial charge in [0.05, 0.1) is 23.6 Å². The van der Waals surface area contributed by atoms with Gasteiger partial charge in [0.25, 0.3) is 0 Å². The predicted molar refractivity (Wildman–Crippen MR) is 70.9 cm³/mol. The van der Waals surface area contributed by atoms with Gasteiger partial charge in [-0.05, 0) is 36.2 Å². The molecule has 1 atom stereocenters. The van der Waals surface area contributed by atoms with Crippen molar-refractivity contribution in [1.82, 2.24) is 4.98 Å². The van der Waals surface area contributed by atoms with Crippen molar-refractivity contribution in [3.05, 3.63) is 52.8 Å². The van der Waals surface area contributed by atoms with Gasteiger partial charge in [0.15, 0.2) is 0 Å². The molecule has 0 aliphatic rings. The van der Waals surface area contributed by atoms with E-state index in [0.29, 0.717) is 17.4 Å². The van der Waals surface area contributed by atoms with Crippen LogP contribution in [-0.4, -0.2) is 11.6 Å². The number of aromatic nitrogens is 1. The summed E-state index contributed by atoms with van der Waals surface area (Å²) in [6.07, 6.45) is 3.62. The van der Waals surface area contributed by atoms with Gasteiger partial charge < -0.3 is 9.72 Å². The number of H-pyrrole nitrogens is 1. The fourth-order valence-corrected chi connectivity index (χ4v) is 2.07. The first kappa shape index (κ1) is 12.5. The van der Waals surface area contributed by atoms with Crippen LogP contribution in [0.4, 0.5) is 0 Å². The summed E-state index contributed by atoms with van der Waals surface area (Å²) in [7, 11) is 0. The Hall–Kier alpha value is -1.92. The number of rotatable bonds is 4. The molecule has 1 aromatic carbocycles. The first-order chi connectivity index (χ1) is 8.76. The zero-order chi connectivity index (χ0) is 13.0. The Morgan fingerprint density at radius 2 is 2.22 bits per heavy atom. The van der Waals surface area contributed by atoms with E-state index in [9.17, 15) is 5.26 Å². The monoisotopic (exact) mass is 260 g/mol. The number of benzene rings is 1. The van der Waals surface area contributed by atoms with Crippen molar-refractivity contribution in [2.75, 3.05) is 6.61 Å². The van der Waals surface area contributed by atoms with Crippen LogP contribution in [-0.2, 0) is 0 Å². The zero-order valence-electron chi connectivity index (χ0n) is 9.98. The first-order valence-corrected chi connectivity index (χ1v) is 6.08. The molecule has 1 N–H and O–H groups in total. The van der Waals surface area contributed by atoms with Crippen LogP contribution in [0.15, 0.2) is 36.7 Å². The van der Waals surface area contributed by atoms with Gasteiger partial charge in [0.1, 0.15) is 5.75 Å². The Balaban J connectivity index is 2.34. The van der Waals surface area contributed by atoms with Crippen LogP contribution in [0, 0.1) is 11.3 Å². The number of halogens is 1. The van der Waals surface area contributed by atoms with Gasteiger partial charge in [0.2, 0.25) is 0 Å². The van der Waals surface area contributed by atoms with Gasteiger partial charge in [-0.1, -0.05) is 17.7 Å². The quantitative estimate of drug-likeness (QED) is 0.911. The molecule has 92 valence electrons. The molecular weight excluding hydrogens is 248 g/mol. The summed E-state index contributed by atoms with van der Waals surface area (Å²) in [5.41, 5.74) is 1.79. The normalized spacial score (nSPS) is 11.8. The average Bonchev–Trinajstić information content (AvgIpc) is 2.87. The van der Waals surface area contributed by atoms with Crippen LogP contribution >= 0.6 is 11.6 Å². The van der Waals surface area contributed by atoms with Crippen LogP contribution in [0.5, 0.6) is 5.75 Å². The van der Waals surface area contributed by atoms with E-state index in [4.69, 9.17) is 16.3 Å². The lowest BCUT2D eigenvalue weighted by molar-refractivity contribution is 0.340. The van der Waals surface area contributed by atoms with Crippen molar-refractivity contribution in [1.29, 1.82) is 5.26 Å². The number of hydrogen-bond donors (Lipinski definition) is 1. The van der Waals surface area contributed by atoms with Gasteiger partial charge in [-0.3, -0.25) is 0 Å². The van der Waals surface area contributed by atoms with E-state index in [1.807, 2.05) is 25.3 Å². The SMILES string of the molecule is CCOc1ccc(C(C#N)c2cc[nH]c2)cc1Cl. The summed E-state index contributed by atoms with van der Waals surface area (Å²) in [5, 5.41) is 9.81. The van der Waals surface area contributed by atoms with Crippen molar-refractivity contribution in [2.45, 2.75) is 12.8 Å². The van der Waals surface area contributed by atoms with Gasteiger partial charge in [-0.2, -0.15) is 5.26 Å². The topological polar surface area (TPSA) is 48.8 Å². The average molecular weight is 261 g/mol. The second-order valence-corrected chi connectivity index (χ2v) is 4.24. The lowest BCUT2D eigenvalue weighted by atomic mass is 9.95. The van der Waals surface area contributed by atoms with Crippen LogP contribution in [0.3, 0.4) is 0 Å². The molecule has 1 aromatic heterocycles. The summed E-state index contributed by atoms with van der Waals surface area (Å²) < 4.78 is 5.37. The van der Waals surface area contributed by atoms with Gasteiger partial charge >= 0.3 is 0 Å². The van der Waals surface area contributed by atoms with Crippen molar-refractivity contribution in [3.8, 4) is 11.8 Å². The Bertz CT molecular complexity index is 558. The van der Waals surface area contributed by atoms with E-state index in [1.54, 1.807) is 18.3 Å². The number of nitrogens with one attached hydrogen (secondary N) is 1. The summed E-state index contributed by atoms with van der Waals surface area (Å²) in [5.74, 6) is 0.332. The smallest absolute Gasteiger partial charge is 0.137 e. The third-order valence-corrected chi connectivity index (χ3v) is 2.97. The minimum absolute atomic E-state index is 0.315. The standard InChI is InChI=1S/C14H13ClN2O/c1-2-18-14-4-3-10(7-13(14)15)12(8-16)11-5-6-17-9-11/h3-7,9,12,17H,2H2,1H3. The van der Waals surface area contributed by atoms with Crippen LogP contribution in [0.1, 0.15) is 24.0 Å². The first-order valence-electron chi connectivity index (χ1n) is 5.70. The fourth-order valence-electron chi connectivity index (χ4n) is 1.83. The number of aromatic amines is 1. The molecular formula is C14H13ClN2O. The Morgan fingerprint density at radius 1 is 1.39 bits per heavy atom. The highest BCUT2D eigenvalue weighted by Gasteiger charge is 2.15. The maximum Gasteiger partial charge on any atom is 0.137 e. The van der Waals surface area contributed by atoms with E-state index in [0.717, 1.165) is 11.1 Å². The molecule has 0 aliphatic carbocycles. The zero-order valence-corrected chi connectivity index (χ0v) is 10.7. The molecule has 1 unspecified atom stereocenters. The predicted octanol–water partition coefficient (Wildman–Crippen LogP) is 3.72. The summed E-state index contributed by atoms with van der Waals surface area (Å²) in [6.45, 7) is 2.47. The number of ether oxygens (including phenoxy) is 1. The summed E-state index contributed by atoms with van der Waals surface area (Å²) in [4.78, 5) is 2.95. The third-order valence-electron chi connectivity index (χ3n) is 2.67. The van der Waals surface area contributed by atoms with Crippen LogP contribution < -0.4 is 4.74 Å². The van der Waals surface area contributed by atoms with E-state index in [1.165, 1.54) is 0 Å². The molecule has 4 heteroatoms. The van der Waals surface area contributed by atoms with Crippen molar-refractivity contribution in [2.24, 2.45) is 0 Å². The Morgan fingerprint density at radius 3 is 2.78 bits per heavy atom. The highest BCUT2D eigenvalue weighted by molar-refractivity contribution is 6.32. The van der Waals surface area contributed by atoms with Gasteiger partial charge in [0, 0.05) is 12.4 Å². The van der Waals surface area contributed by atoms with E-state index < -0.39 is 0 Å². The second kappa shape index (κ2) is 5.61. The fraction of sp³-hybridized carbons (Fsp3) is 0.214. The molecule has 2 rings (SSSR count). The minimum Gasteiger partial charge on any atom is -0.492 e. The van der Waals surface area contributed by atoms with Crippen LogP contribution in [0.25, 0.3) is 0 Å². The minimum atomic E-state index is -0.315. The van der Waals surface area contributed by atoms with Crippen molar-refractivity contribution in [3.63, 3.8) is 0 Å². The number of nitrogens with zero attached hydrogens (tertiary/aromatic N) is 1. The van der Waals surface area contributed by atoms with Gasteiger partial charge in [-0.15, -0.1) is 0 Å². The molecule has 2 aromatic rings. The summed E-state index contributed by atoms with van der Waals surface area (Å²) in [6, 6.07) is 9.63. The maximum atomic E-state index is 9.28. The van der Waals surface area contributed by atoms with Crippen molar-refractivity contribution >= 4 is 11.6 Å². The molecule has 0 radical (unpaired) electrons. The molecule has 18 heavy (non-hydrogen) atoms. The van der Waals surface area contributed by atoms with Crippen LogP contribution in [0.2, 0.25) is 5.02 Å². The van der Waals surface area contributed by atoms with Gasteiger partial charge in [-0.25, -0.2) is 0 Å². The molecule has 0 saturated carbocycles.